The fourth-order valence-electron chi connectivity index (χ4n) is 2.31. The van der Waals surface area contributed by atoms with E-state index in [0.717, 1.165) is 29.2 Å². The zero-order valence-corrected chi connectivity index (χ0v) is 12.0. The standard InChI is InChI=1S/C17H18F3N/c1-3-16(21)13-6-4-12(5-7-13)15-9-8-14(10-11(15)2)17(18,19)20/h4-10,16H,3,21H2,1-2H3. The SMILES string of the molecule is CCC(N)c1ccc(-c2ccc(C(F)(F)F)cc2C)cc1. The molecule has 0 saturated heterocycles. The molecular formula is C17H18F3N. The topological polar surface area (TPSA) is 26.0 Å². The second-order valence-electron chi connectivity index (χ2n) is 5.16. The molecule has 21 heavy (non-hydrogen) atoms. The van der Waals surface area contributed by atoms with Gasteiger partial charge in [-0.15, -0.1) is 0 Å². The Bertz CT molecular complexity index is 615. The lowest BCUT2D eigenvalue weighted by Gasteiger charge is -2.13. The molecule has 4 heteroatoms. The van der Waals surface area contributed by atoms with Crippen LogP contribution in [0.15, 0.2) is 42.5 Å². The van der Waals surface area contributed by atoms with Crippen LogP contribution in [-0.2, 0) is 6.18 Å². The second kappa shape index (κ2) is 5.90. The van der Waals surface area contributed by atoms with Gasteiger partial charge >= 0.3 is 6.18 Å². The third-order valence-corrected chi connectivity index (χ3v) is 3.64. The summed E-state index contributed by atoms with van der Waals surface area (Å²) < 4.78 is 38.0. The van der Waals surface area contributed by atoms with Crippen LogP contribution in [0.4, 0.5) is 13.2 Å². The van der Waals surface area contributed by atoms with Crippen molar-refractivity contribution in [3.63, 3.8) is 0 Å². The summed E-state index contributed by atoms with van der Waals surface area (Å²) in [6, 6.07) is 11.5. The van der Waals surface area contributed by atoms with Crippen LogP contribution < -0.4 is 5.73 Å². The van der Waals surface area contributed by atoms with Crippen molar-refractivity contribution >= 4 is 0 Å². The summed E-state index contributed by atoms with van der Waals surface area (Å²) >= 11 is 0. The molecule has 1 atom stereocenters. The Labute approximate surface area is 122 Å². The number of hydrogen-bond acceptors (Lipinski definition) is 1. The molecular weight excluding hydrogens is 275 g/mol. The van der Waals surface area contributed by atoms with Gasteiger partial charge in [0.05, 0.1) is 5.56 Å². The first-order valence-electron chi connectivity index (χ1n) is 6.86. The van der Waals surface area contributed by atoms with E-state index in [-0.39, 0.29) is 6.04 Å². The molecule has 2 aromatic rings. The molecule has 0 aliphatic carbocycles. The van der Waals surface area contributed by atoms with Crippen LogP contribution in [0.1, 0.15) is 36.1 Å². The summed E-state index contributed by atoms with van der Waals surface area (Å²) in [4.78, 5) is 0. The van der Waals surface area contributed by atoms with E-state index in [2.05, 4.69) is 0 Å². The van der Waals surface area contributed by atoms with Gasteiger partial charge in [0.25, 0.3) is 0 Å². The number of benzene rings is 2. The first kappa shape index (κ1) is 15.6. The van der Waals surface area contributed by atoms with Crippen LogP contribution in [0.5, 0.6) is 0 Å². The summed E-state index contributed by atoms with van der Waals surface area (Å²) in [6.45, 7) is 3.70. The van der Waals surface area contributed by atoms with Gasteiger partial charge in [-0.2, -0.15) is 13.2 Å². The Morgan fingerprint density at radius 1 is 1.05 bits per heavy atom. The fraction of sp³-hybridized carbons (Fsp3) is 0.294. The maximum Gasteiger partial charge on any atom is 0.416 e. The highest BCUT2D eigenvalue weighted by atomic mass is 19.4. The van der Waals surface area contributed by atoms with Crippen molar-refractivity contribution in [3.8, 4) is 11.1 Å². The van der Waals surface area contributed by atoms with E-state index in [1.807, 2.05) is 31.2 Å². The number of nitrogens with two attached hydrogens (primary N) is 1. The van der Waals surface area contributed by atoms with Crippen LogP contribution in [-0.4, -0.2) is 0 Å². The first-order valence-corrected chi connectivity index (χ1v) is 6.86. The van der Waals surface area contributed by atoms with Crippen molar-refractivity contribution in [3.05, 3.63) is 59.2 Å². The number of aryl methyl sites for hydroxylation is 1. The van der Waals surface area contributed by atoms with E-state index >= 15 is 0 Å². The lowest BCUT2D eigenvalue weighted by molar-refractivity contribution is -0.137. The normalized spacial score (nSPS) is 13.2. The number of rotatable bonds is 3. The molecule has 2 N–H and O–H groups in total. The highest BCUT2D eigenvalue weighted by Crippen LogP contribution is 2.33. The van der Waals surface area contributed by atoms with Gasteiger partial charge in [0.15, 0.2) is 0 Å². The predicted octanol–water partition coefficient (Wildman–Crippen LogP) is 5.09. The summed E-state index contributed by atoms with van der Waals surface area (Å²) in [5, 5.41) is 0. The molecule has 1 nitrogen and oxygen atoms in total. The molecule has 0 fully saturated rings. The molecule has 0 aromatic heterocycles. The summed E-state index contributed by atoms with van der Waals surface area (Å²) in [6.07, 6.45) is -3.46. The van der Waals surface area contributed by atoms with E-state index in [4.69, 9.17) is 5.73 Å². The summed E-state index contributed by atoms with van der Waals surface area (Å²) in [5.41, 5.74) is 8.68. The van der Waals surface area contributed by atoms with Crippen molar-refractivity contribution in [1.29, 1.82) is 0 Å². The maximum absolute atomic E-state index is 12.7. The molecule has 0 heterocycles. The Morgan fingerprint density at radius 2 is 1.67 bits per heavy atom. The molecule has 0 bridgehead atoms. The maximum atomic E-state index is 12.7. The highest BCUT2D eigenvalue weighted by molar-refractivity contribution is 5.68. The van der Waals surface area contributed by atoms with Crippen LogP contribution >= 0.6 is 0 Å². The molecule has 0 radical (unpaired) electrons. The molecule has 0 aliphatic heterocycles. The van der Waals surface area contributed by atoms with E-state index in [1.165, 1.54) is 12.1 Å². The summed E-state index contributed by atoms with van der Waals surface area (Å²) in [5.74, 6) is 0. The van der Waals surface area contributed by atoms with E-state index in [1.54, 1.807) is 6.92 Å². The quantitative estimate of drug-likeness (QED) is 0.838. The van der Waals surface area contributed by atoms with Gasteiger partial charge in [0, 0.05) is 6.04 Å². The Morgan fingerprint density at radius 3 is 2.14 bits per heavy atom. The molecule has 0 saturated carbocycles. The minimum absolute atomic E-state index is 0.00671. The van der Waals surface area contributed by atoms with E-state index < -0.39 is 11.7 Å². The fourth-order valence-corrected chi connectivity index (χ4v) is 2.31. The van der Waals surface area contributed by atoms with Gasteiger partial charge in [-0.3, -0.25) is 0 Å². The minimum Gasteiger partial charge on any atom is -0.324 e. The molecule has 112 valence electrons. The van der Waals surface area contributed by atoms with Crippen LogP contribution in [0.2, 0.25) is 0 Å². The summed E-state index contributed by atoms with van der Waals surface area (Å²) in [7, 11) is 0. The van der Waals surface area contributed by atoms with E-state index in [0.29, 0.717) is 5.56 Å². The van der Waals surface area contributed by atoms with E-state index in [9.17, 15) is 13.2 Å². The van der Waals surface area contributed by atoms with Crippen molar-refractivity contribution in [2.45, 2.75) is 32.5 Å². The molecule has 2 aromatic carbocycles. The number of alkyl halides is 3. The number of hydrogen-bond donors (Lipinski definition) is 1. The molecule has 0 amide bonds. The lowest BCUT2D eigenvalue weighted by atomic mass is 9.96. The van der Waals surface area contributed by atoms with Crippen molar-refractivity contribution in [2.75, 3.05) is 0 Å². The smallest absolute Gasteiger partial charge is 0.324 e. The van der Waals surface area contributed by atoms with Gasteiger partial charge in [0.1, 0.15) is 0 Å². The first-order chi connectivity index (χ1) is 9.82. The highest BCUT2D eigenvalue weighted by Gasteiger charge is 2.30. The predicted molar refractivity (Wildman–Crippen MR) is 78.8 cm³/mol. The lowest BCUT2D eigenvalue weighted by Crippen LogP contribution is -2.08. The Balaban J connectivity index is 2.34. The average molecular weight is 293 g/mol. The Kier molecular flexibility index (Phi) is 4.37. The molecule has 1 unspecified atom stereocenters. The zero-order valence-electron chi connectivity index (χ0n) is 12.0. The van der Waals surface area contributed by atoms with Gasteiger partial charge in [-0.05, 0) is 47.7 Å². The third-order valence-electron chi connectivity index (χ3n) is 3.64. The Hall–Kier alpha value is -1.81. The van der Waals surface area contributed by atoms with Gasteiger partial charge in [-0.25, -0.2) is 0 Å². The van der Waals surface area contributed by atoms with Crippen LogP contribution in [0.3, 0.4) is 0 Å². The van der Waals surface area contributed by atoms with Crippen molar-refractivity contribution < 1.29 is 13.2 Å². The molecule has 0 spiro atoms. The van der Waals surface area contributed by atoms with Gasteiger partial charge in [-0.1, -0.05) is 37.3 Å². The van der Waals surface area contributed by atoms with Crippen molar-refractivity contribution in [2.24, 2.45) is 5.73 Å². The van der Waals surface area contributed by atoms with Gasteiger partial charge in [0.2, 0.25) is 0 Å². The zero-order chi connectivity index (χ0) is 15.6. The average Bonchev–Trinajstić information content (AvgIpc) is 2.45. The number of halogens is 3. The minimum atomic E-state index is -4.30. The third kappa shape index (κ3) is 3.45. The van der Waals surface area contributed by atoms with Gasteiger partial charge < -0.3 is 5.73 Å². The monoisotopic (exact) mass is 293 g/mol. The molecule has 2 rings (SSSR count). The second-order valence-corrected chi connectivity index (χ2v) is 5.16. The van der Waals surface area contributed by atoms with Crippen LogP contribution in [0, 0.1) is 6.92 Å². The van der Waals surface area contributed by atoms with Crippen molar-refractivity contribution in [1.82, 2.24) is 0 Å². The molecule has 0 aliphatic rings. The van der Waals surface area contributed by atoms with Crippen LogP contribution in [0.25, 0.3) is 11.1 Å². The largest absolute Gasteiger partial charge is 0.416 e.